The van der Waals surface area contributed by atoms with Crippen LogP contribution in [0.2, 0.25) is 0 Å². The average Bonchev–Trinajstić information content (AvgIpc) is 4.05. The normalized spacial score (nSPS) is 12.3. The first-order valence-corrected chi connectivity index (χ1v) is 21.0. The summed E-state index contributed by atoms with van der Waals surface area (Å²) in [5.41, 5.74) is 14.0. The zero-order chi connectivity index (χ0) is 44.8. The smallest absolute Gasteiger partial charge is 0.123 e. The van der Waals surface area contributed by atoms with Crippen LogP contribution < -0.4 is 0 Å². The molecule has 63 heavy (non-hydrogen) atoms. The zero-order valence-electron chi connectivity index (χ0n) is 38.3. The molecule has 5 nitrogen and oxygen atoms in total. The van der Waals surface area contributed by atoms with Crippen molar-refractivity contribution < 1.29 is 33.1 Å². The first kappa shape index (κ1) is 37.9. The van der Waals surface area contributed by atoms with Crippen LogP contribution >= 0.6 is 0 Å². The van der Waals surface area contributed by atoms with Crippen LogP contribution in [0.15, 0.2) is 179 Å². The molecule has 1 radical (unpaired) electrons. The number of aromatic nitrogens is 3. The molecule has 7 aromatic carbocycles. The molecule has 0 bridgehead atoms. The van der Waals surface area contributed by atoms with Gasteiger partial charge in [-0.1, -0.05) is 142 Å². The molecular weight excluding hydrogens is 951 g/mol. The van der Waals surface area contributed by atoms with E-state index >= 15 is 0 Å². The van der Waals surface area contributed by atoms with Crippen LogP contribution in [0.1, 0.15) is 60.3 Å². The van der Waals surface area contributed by atoms with Crippen LogP contribution in [0.25, 0.3) is 94.7 Å². The van der Waals surface area contributed by atoms with Gasteiger partial charge in [0.2, 0.25) is 0 Å². The summed E-state index contributed by atoms with van der Waals surface area (Å²) in [5.74, 6) is 2.08. The molecule has 0 aliphatic rings. The molecule has 0 unspecified atom stereocenters. The maximum atomic E-state index is 7.23. The summed E-state index contributed by atoms with van der Waals surface area (Å²) in [7, 11) is 0. The van der Waals surface area contributed by atoms with E-state index < -0.39 is 6.85 Å². The molecule has 4 aromatic heterocycles. The minimum Gasteiger partial charge on any atom is -0.501 e. The van der Waals surface area contributed by atoms with Crippen molar-refractivity contribution in [3.63, 3.8) is 0 Å². The van der Waals surface area contributed by atoms with Crippen molar-refractivity contribution in [2.75, 3.05) is 0 Å². The van der Waals surface area contributed by atoms with E-state index in [1.54, 1.807) is 18.2 Å². The maximum Gasteiger partial charge on any atom is 0.123 e. The van der Waals surface area contributed by atoms with Gasteiger partial charge in [0.25, 0.3) is 0 Å². The zero-order valence-corrected chi connectivity index (χ0v) is 37.7. The number of hydrogen-bond donors (Lipinski definition) is 0. The minimum absolute atomic E-state index is 0. The second-order valence-corrected chi connectivity index (χ2v) is 16.2. The molecule has 11 aromatic rings. The second-order valence-electron chi connectivity index (χ2n) is 16.2. The molecule has 311 valence electrons. The van der Waals surface area contributed by atoms with Crippen molar-refractivity contribution in [3.8, 4) is 50.8 Å². The van der Waals surface area contributed by atoms with E-state index in [0.717, 1.165) is 78.0 Å². The van der Waals surface area contributed by atoms with E-state index in [1.807, 2.05) is 48.5 Å². The molecule has 0 atom stereocenters. The van der Waals surface area contributed by atoms with Gasteiger partial charge in [0, 0.05) is 47.1 Å². The summed E-state index contributed by atoms with van der Waals surface area (Å²) in [5, 5.41) is 3.03. The molecular formula is C57H45IrN3O2-2. The Labute approximate surface area is 385 Å². The Morgan fingerprint density at radius 1 is 0.651 bits per heavy atom. The largest absolute Gasteiger partial charge is 0.501 e. The number of aryl methyl sites for hydroxylation is 1. The predicted octanol–water partition coefficient (Wildman–Crippen LogP) is 15.6. The Kier molecular flexibility index (Phi) is 10.5. The summed E-state index contributed by atoms with van der Waals surface area (Å²) in [4.78, 5) is 9.49. The fraction of sp³-hybridized carbons (Fsp3) is 0.123. The van der Waals surface area contributed by atoms with Gasteiger partial charge in [-0.15, -0.1) is 35.9 Å². The molecule has 0 N–H and O–H groups in total. The monoisotopic (exact) mass is 999 g/mol. The Hall–Kier alpha value is -6.85. The van der Waals surface area contributed by atoms with Gasteiger partial charge in [0.15, 0.2) is 0 Å². The second kappa shape index (κ2) is 17.5. The van der Waals surface area contributed by atoms with Crippen molar-refractivity contribution in [2.45, 2.75) is 46.4 Å². The van der Waals surface area contributed by atoms with Crippen molar-refractivity contribution in [3.05, 3.63) is 199 Å². The molecule has 0 amide bonds. The average molecular weight is 999 g/mol. The molecule has 0 aliphatic carbocycles. The van der Waals surface area contributed by atoms with Crippen LogP contribution in [-0.2, 0) is 20.1 Å². The van der Waals surface area contributed by atoms with Crippen molar-refractivity contribution in [2.24, 2.45) is 0 Å². The number of para-hydroxylation sites is 3. The third kappa shape index (κ3) is 7.82. The standard InChI is InChI=1S/C45H35N2O2.C12H10N.Ir/c1-27(2)33-23-31(29-15-7-5-8-16-29)24-34(28(3)4)43(33)47-38-21-13-12-20-37(38)46-45(47)36-26-41-35(25-40(48-41)30-17-9-6-10-18-30)42-32-19-11-14-22-39(32)49-44(36)42;1-10-7-8-12(13-9-10)11-5-3-2-4-6-11;/h5-25,27-28H,1-4H3;2-5,7-9H,1H3;/q2*-1;/i;1D3;. The maximum absolute atomic E-state index is 7.23. The van der Waals surface area contributed by atoms with Gasteiger partial charge >= 0.3 is 0 Å². The molecule has 0 saturated heterocycles. The number of furan rings is 2. The number of nitrogens with zero attached hydrogens (tertiary/aromatic N) is 3. The third-order valence-electron chi connectivity index (χ3n) is 11.4. The number of benzene rings is 7. The number of imidazole rings is 1. The van der Waals surface area contributed by atoms with Crippen LogP contribution in [0.3, 0.4) is 0 Å². The molecule has 0 fully saturated rings. The van der Waals surface area contributed by atoms with Crippen molar-refractivity contribution in [1.82, 2.24) is 14.5 Å². The third-order valence-corrected chi connectivity index (χ3v) is 11.4. The van der Waals surface area contributed by atoms with Crippen LogP contribution in [0.5, 0.6) is 0 Å². The Morgan fingerprint density at radius 3 is 2.02 bits per heavy atom. The summed E-state index contributed by atoms with van der Waals surface area (Å²) in [6.45, 7) is 7.02. The number of hydrogen-bond acceptors (Lipinski definition) is 4. The van der Waals surface area contributed by atoms with Gasteiger partial charge in [-0.2, -0.15) is 0 Å². The number of fused-ring (bicyclic) bond motifs is 6. The molecule has 0 aliphatic heterocycles. The Bertz CT molecular complexity index is 3440. The van der Waals surface area contributed by atoms with E-state index in [9.17, 15) is 0 Å². The Morgan fingerprint density at radius 2 is 1.33 bits per heavy atom. The van der Waals surface area contributed by atoms with Crippen LogP contribution in [0.4, 0.5) is 0 Å². The van der Waals surface area contributed by atoms with Gasteiger partial charge in [-0.25, -0.2) is 0 Å². The molecule has 11 rings (SSSR count). The van der Waals surface area contributed by atoms with Gasteiger partial charge in [0.1, 0.15) is 11.3 Å². The predicted molar refractivity (Wildman–Crippen MR) is 255 cm³/mol. The van der Waals surface area contributed by atoms with E-state index in [2.05, 4.69) is 146 Å². The number of rotatable bonds is 7. The van der Waals surface area contributed by atoms with Crippen LogP contribution in [-0.4, -0.2) is 14.5 Å². The van der Waals surface area contributed by atoms with Gasteiger partial charge < -0.3 is 18.4 Å². The summed E-state index contributed by atoms with van der Waals surface area (Å²) >= 11 is 0. The van der Waals surface area contributed by atoms with Gasteiger partial charge in [0.05, 0.1) is 28.0 Å². The SMILES string of the molecule is CC(C)c1cc(-c2ccccc2)cc(C(C)C)c1-n1c(-c2[c-]c3oc(-c4ccccc4)cc3c3c2oc2ccccc23)nc2ccccc21.[2H]C([2H])([2H])c1ccc(-c2[c-]cccc2)nc1.[Ir]. The van der Waals surface area contributed by atoms with Crippen molar-refractivity contribution >= 4 is 43.9 Å². The Balaban J connectivity index is 0.000000273. The summed E-state index contributed by atoms with van der Waals surface area (Å²) < 4.78 is 37.4. The molecule has 0 saturated carbocycles. The fourth-order valence-electron chi connectivity index (χ4n) is 8.37. The van der Waals surface area contributed by atoms with E-state index in [0.29, 0.717) is 5.58 Å². The molecule has 0 spiro atoms. The summed E-state index contributed by atoms with van der Waals surface area (Å²) in [6.07, 6.45) is 1.39. The minimum atomic E-state index is -2.09. The van der Waals surface area contributed by atoms with E-state index in [4.69, 9.17) is 17.9 Å². The fourth-order valence-corrected chi connectivity index (χ4v) is 8.37. The summed E-state index contributed by atoms with van der Waals surface area (Å²) in [6, 6.07) is 61.9. The molecule has 4 heterocycles. The van der Waals surface area contributed by atoms with Crippen LogP contribution in [0, 0.1) is 19.0 Å². The van der Waals surface area contributed by atoms with E-state index in [-0.39, 0.29) is 37.5 Å². The topological polar surface area (TPSA) is 57.0 Å². The van der Waals surface area contributed by atoms with Gasteiger partial charge in [-0.05, 0) is 99.4 Å². The van der Waals surface area contributed by atoms with Crippen molar-refractivity contribution in [1.29, 1.82) is 0 Å². The first-order valence-electron chi connectivity index (χ1n) is 22.5. The molecule has 6 heteroatoms. The quantitative estimate of drug-likeness (QED) is 0.149. The number of pyridine rings is 1. The first-order chi connectivity index (χ1) is 31.5. The van der Waals surface area contributed by atoms with E-state index in [1.165, 1.54) is 28.5 Å². The van der Waals surface area contributed by atoms with Gasteiger partial charge in [-0.3, -0.25) is 4.98 Å².